The molecule has 2 aromatic carbocycles. The summed E-state index contributed by atoms with van der Waals surface area (Å²) in [5, 5.41) is 15.3. The van der Waals surface area contributed by atoms with Crippen LogP contribution in [0.4, 0.5) is 0 Å². The lowest BCUT2D eigenvalue weighted by Crippen LogP contribution is -2.35. The molecule has 9 heteroatoms. The van der Waals surface area contributed by atoms with Crippen molar-refractivity contribution in [2.45, 2.75) is 6.92 Å². The van der Waals surface area contributed by atoms with Crippen molar-refractivity contribution < 1.29 is 19.0 Å². The molecular weight excluding hydrogens is 440 g/mol. The Labute approximate surface area is 195 Å². The van der Waals surface area contributed by atoms with E-state index in [-0.39, 0.29) is 18.0 Å². The number of hydrogen-bond donors (Lipinski definition) is 1. The van der Waals surface area contributed by atoms with E-state index in [1.54, 1.807) is 30.4 Å². The number of carbonyl (C=O) groups excluding carboxylic acids is 1. The highest BCUT2D eigenvalue weighted by Gasteiger charge is 2.35. The molecule has 2 aliphatic rings. The third kappa shape index (κ3) is 4.83. The summed E-state index contributed by atoms with van der Waals surface area (Å²) < 4.78 is 16.8. The number of thioether (sulfide) groups is 1. The number of amidine groups is 2. The van der Waals surface area contributed by atoms with Crippen molar-refractivity contribution in [3.05, 3.63) is 71.8 Å². The minimum atomic E-state index is -0.499. The smallest absolute Gasteiger partial charge is 0.283 e. The van der Waals surface area contributed by atoms with Crippen LogP contribution in [0.15, 0.2) is 70.8 Å². The minimum absolute atomic E-state index is 0.0469. The molecular formula is C24H22N4O4S. The van der Waals surface area contributed by atoms with Gasteiger partial charge in [0.1, 0.15) is 24.0 Å². The molecule has 1 amide bonds. The molecule has 1 N–H and O–H groups in total. The van der Waals surface area contributed by atoms with Crippen LogP contribution in [0.3, 0.4) is 0 Å². The molecule has 4 rings (SSSR count). The molecule has 0 aromatic heterocycles. The number of hydrazone groups is 1. The average molecular weight is 463 g/mol. The second-order valence-electron chi connectivity index (χ2n) is 7.08. The van der Waals surface area contributed by atoms with Crippen molar-refractivity contribution in [1.29, 1.82) is 5.41 Å². The Kier molecular flexibility index (Phi) is 6.60. The molecule has 0 spiro atoms. The minimum Gasteiger partial charge on any atom is -0.493 e. The number of para-hydroxylation sites is 1. The van der Waals surface area contributed by atoms with Gasteiger partial charge in [0.15, 0.2) is 17.3 Å². The Bertz CT molecular complexity index is 1220. The second-order valence-corrected chi connectivity index (χ2v) is 8.12. The van der Waals surface area contributed by atoms with Gasteiger partial charge in [0, 0.05) is 0 Å². The van der Waals surface area contributed by atoms with E-state index in [0.29, 0.717) is 33.9 Å². The lowest BCUT2D eigenvalue weighted by molar-refractivity contribution is -0.114. The van der Waals surface area contributed by atoms with Crippen molar-refractivity contribution in [3.63, 3.8) is 0 Å². The molecule has 0 aliphatic carbocycles. The highest BCUT2D eigenvalue weighted by molar-refractivity contribution is 8.27. The average Bonchev–Trinajstić information content (AvgIpc) is 3.23. The molecule has 0 bridgehead atoms. The molecule has 0 radical (unpaired) electrons. The fraction of sp³-hybridized carbons (Fsp3) is 0.167. The van der Waals surface area contributed by atoms with Crippen LogP contribution < -0.4 is 14.2 Å². The maximum absolute atomic E-state index is 12.7. The van der Waals surface area contributed by atoms with Crippen LogP contribution in [0.25, 0.3) is 6.08 Å². The lowest BCUT2D eigenvalue weighted by atomic mass is 10.1. The van der Waals surface area contributed by atoms with Gasteiger partial charge >= 0.3 is 0 Å². The van der Waals surface area contributed by atoms with Gasteiger partial charge in [-0.25, -0.2) is 0 Å². The van der Waals surface area contributed by atoms with Crippen molar-refractivity contribution in [2.75, 3.05) is 20.3 Å². The zero-order valence-corrected chi connectivity index (χ0v) is 19.0. The van der Waals surface area contributed by atoms with Crippen molar-refractivity contribution in [1.82, 2.24) is 5.01 Å². The van der Waals surface area contributed by atoms with E-state index in [0.717, 1.165) is 11.3 Å². The van der Waals surface area contributed by atoms with Gasteiger partial charge in [-0.15, -0.1) is 0 Å². The Balaban J connectivity index is 1.53. The number of rotatable bonds is 8. The normalized spacial score (nSPS) is 16.3. The number of nitrogens with zero attached hydrogens (tertiary/aromatic N) is 3. The quantitative estimate of drug-likeness (QED) is 0.465. The molecule has 0 atom stereocenters. The van der Waals surface area contributed by atoms with Gasteiger partial charge in [-0.1, -0.05) is 36.9 Å². The summed E-state index contributed by atoms with van der Waals surface area (Å²) in [5.41, 5.74) is 1.81. The number of hydrogen-bond acceptors (Lipinski definition) is 7. The van der Waals surface area contributed by atoms with E-state index in [9.17, 15) is 4.79 Å². The molecule has 2 aliphatic heterocycles. The maximum atomic E-state index is 12.7. The van der Waals surface area contributed by atoms with E-state index in [1.165, 1.54) is 23.9 Å². The Morgan fingerprint density at radius 1 is 1.15 bits per heavy atom. The lowest BCUT2D eigenvalue weighted by Gasteiger charge is -2.20. The van der Waals surface area contributed by atoms with E-state index in [1.807, 2.05) is 31.2 Å². The largest absolute Gasteiger partial charge is 0.493 e. The van der Waals surface area contributed by atoms with Gasteiger partial charge < -0.3 is 14.2 Å². The van der Waals surface area contributed by atoms with Gasteiger partial charge in [0.05, 0.1) is 12.7 Å². The van der Waals surface area contributed by atoms with Crippen LogP contribution >= 0.6 is 11.8 Å². The monoisotopic (exact) mass is 462 g/mol. The number of nitrogens with one attached hydrogen (secondary N) is 1. The number of aliphatic imine (C=N–C) groups is 1. The number of carbonyl (C=O) groups is 1. The Morgan fingerprint density at radius 2 is 1.97 bits per heavy atom. The first-order valence-electron chi connectivity index (χ1n) is 10.1. The number of methoxy groups -OCH3 is 1. The summed E-state index contributed by atoms with van der Waals surface area (Å²) in [5.74, 6) is 1.28. The summed E-state index contributed by atoms with van der Waals surface area (Å²) in [4.78, 5) is 16.8. The molecule has 2 aromatic rings. The van der Waals surface area contributed by atoms with Gasteiger partial charge in [0.2, 0.25) is 5.17 Å². The van der Waals surface area contributed by atoms with Crippen LogP contribution in [0.1, 0.15) is 11.1 Å². The number of amides is 1. The summed E-state index contributed by atoms with van der Waals surface area (Å²) >= 11 is 1.22. The first kappa shape index (κ1) is 22.3. The van der Waals surface area contributed by atoms with Crippen LogP contribution in [0, 0.1) is 12.3 Å². The number of ether oxygens (including phenoxy) is 3. The highest BCUT2D eigenvalue weighted by atomic mass is 32.2. The van der Waals surface area contributed by atoms with Gasteiger partial charge in [0.25, 0.3) is 5.91 Å². The molecule has 0 fully saturated rings. The van der Waals surface area contributed by atoms with E-state index in [2.05, 4.69) is 16.7 Å². The zero-order chi connectivity index (χ0) is 23.4. The van der Waals surface area contributed by atoms with Crippen molar-refractivity contribution >= 4 is 39.8 Å². The Morgan fingerprint density at radius 3 is 2.73 bits per heavy atom. The van der Waals surface area contributed by atoms with E-state index < -0.39 is 5.91 Å². The van der Waals surface area contributed by atoms with E-state index in [4.69, 9.17) is 19.6 Å². The second kappa shape index (κ2) is 9.74. The van der Waals surface area contributed by atoms with Crippen molar-refractivity contribution in [3.8, 4) is 17.2 Å². The number of aryl methyl sites for hydroxylation is 1. The molecule has 168 valence electrons. The van der Waals surface area contributed by atoms with Crippen LogP contribution in [0.5, 0.6) is 17.2 Å². The summed E-state index contributed by atoms with van der Waals surface area (Å²) in [6.07, 6.45) is 3.23. The third-order valence-electron chi connectivity index (χ3n) is 4.80. The molecule has 0 saturated carbocycles. The summed E-state index contributed by atoms with van der Waals surface area (Å²) in [7, 11) is 1.54. The molecule has 0 saturated heterocycles. The topological polar surface area (TPSA) is 96.6 Å². The Hall–Kier alpha value is -3.85. The summed E-state index contributed by atoms with van der Waals surface area (Å²) in [6, 6.07) is 12.9. The molecule has 8 nitrogen and oxygen atoms in total. The van der Waals surface area contributed by atoms with Gasteiger partial charge in [-0.3, -0.25) is 10.2 Å². The van der Waals surface area contributed by atoms with Crippen LogP contribution in [0.2, 0.25) is 0 Å². The molecule has 2 heterocycles. The highest BCUT2D eigenvalue weighted by Crippen LogP contribution is 2.32. The SMILES string of the molecule is C=CCOc1ccc(C=C2C(=N)N3N=C(COc4ccccc4C)SC3=NC2=O)cc1OC. The van der Waals surface area contributed by atoms with Crippen LogP contribution in [-0.2, 0) is 4.79 Å². The van der Waals surface area contributed by atoms with Crippen LogP contribution in [-0.4, -0.2) is 47.3 Å². The zero-order valence-electron chi connectivity index (χ0n) is 18.2. The number of fused-ring (bicyclic) bond motifs is 1. The van der Waals surface area contributed by atoms with Crippen molar-refractivity contribution in [2.24, 2.45) is 10.1 Å². The van der Waals surface area contributed by atoms with E-state index >= 15 is 0 Å². The van der Waals surface area contributed by atoms with Gasteiger partial charge in [-0.2, -0.15) is 15.1 Å². The fourth-order valence-electron chi connectivity index (χ4n) is 3.16. The maximum Gasteiger partial charge on any atom is 0.283 e. The predicted octanol–water partition coefficient (Wildman–Crippen LogP) is 4.27. The van der Waals surface area contributed by atoms with Gasteiger partial charge in [-0.05, 0) is 54.1 Å². The standard InChI is InChI=1S/C24H22N4O4S/c1-4-11-31-19-10-9-16(13-20(19)30-3)12-17-22(25)28-24(26-23(17)29)33-21(27-28)14-32-18-8-6-5-7-15(18)2/h4-10,12-13,25H,1,11,14H2,2-3H3. The molecule has 0 unspecified atom stereocenters. The third-order valence-corrected chi connectivity index (χ3v) is 5.68. The number of benzene rings is 2. The molecule has 33 heavy (non-hydrogen) atoms. The predicted molar refractivity (Wildman–Crippen MR) is 130 cm³/mol. The first-order valence-corrected chi connectivity index (χ1v) is 10.9. The fourth-order valence-corrected chi connectivity index (χ4v) is 3.95. The first-order chi connectivity index (χ1) is 16.0. The summed E-state index contributed by atoms with van der Waals surface area (Å²) in [6.45, 7) is 6.16.